The maximum absolute atomic E-state index is 6.30. The molecule has 0 aromatic heterocycles. The van der Waals surface area contributed by atoms with Gasteiger partial charge in [0.2, 0.25) is 0 Å². The number of nitrogens with zero attached hydrogens (tertiary/aromatic N) is 2. The Morgan fingerprint density at radius 2 is 1.95 bits per heavy atom. The molecular weight excluding hydrogens is 234 g/mol. The zero-order valence-corrected chi connectivity index (χ0v) is 12.8. The monoisotopic (exact) mass is 265 g/mol. The second kappa shape index (κ2) is 5.34. The maximum atomic E-state index is 6.30. The topological polar surface area (TPSA) is 32.5 Å². The highest BCUT2D eigenvalue weighted by molar-refractivity contribution is 5.04. The van der Waals surface area contributed by atoms with Crippen LogP contribution < -0.4 is 5.73 Å². The van der Waals surface area contributed by atoms with Crippen LogP contribution in [0, 0.1) is 5.92 Å². The van der Waals surface area contributed by atoms with Crippen LogP contribution >= 0.6 is 0 Å². The van der Waals surface area contributed by atoms with Crippen molar-refractivity contribution in [3.8, 4) is 0 Å². The van der Waals surface area contributed by atoms with Crippen LogP contribution in [0.5, 0.6) is 0 Å². The molecule has 3 nitrogen and oxygen atoms in total. The Hall–Kier alpha value is -0.120. The normalized spacial score (nSPS) is 45.3. The maximum Gasteiger partial charge on any atom is 0.0361 e. The Kier molecular flexibility index (Phi) is 3.89. The van der Waals surface area contributed by atoms with E-state index < -0.39 is 0 Å². The molecule has 1 aliphatic carbocycles. The zero-order valence-electron chi connectivity index (χ0n) is 12.8. The van der Waals surface area contributed by atoms with Gasteiger partial charge in [0.05, 0.1) is 0 Å². The molecular formula is C16H31N3. The van der Waals surface area contributed by atoms with Crippen LogP contribution in [-0.2, 0) is 0 Å². The van der Waals surface area contributed by atoms with Gasteiger partial charge in [-0.2, -0.15) is 0 Å². The molecule has 0 aromatic rings. The lowest BCUT2D eigenvalue weighted by Crippen LogP contribution is -2.68. The van der Waals surface area contributed by atoms with Crippen molar-refractivity contribution in [3.05, 3.63) is 0 Å². The van der Waals surface area contributed by atoms with E-state index in [9.17, 15) is 0 Å². The lowest BCUT2D eigenvalue weighted by molar-refractivity contribution is -0.0621. The first kappa shape index (κ1) is 13.8. The van der Waals surface area contributed by atoms with E-state index in [0.717, 1.165) is 18.5 Å². The van der Waals surface area contributed by atoms with E-state index in [1.165, 1.54) is 58.2 Å². The van der Waals surface area contributed by atoms with Gasteiger partial charge in [0.15, 0.2) is 0 Å². The van der Waals surface area contributed by atoms with Crippen molar-refractivity contribution in [1.29, 1.82) is 0 Å². The Morgan fingerprint density at radius 3 is 2.68 bits per heavy atom. The second-order valence-corrected chi connectivity index (χ2v) is 7.25. The van der Waals surface area contributed by atoms with Gasteiger partial charge in [-0.25, -0.2) is 0 Å². The molecule has 0 aromatic carbocycles. The van der Waals surface area contributed by atoms with Crippen LogP contribution in [0.15, 0.2) is 0 Å². The number of rotatable bonds is 2. The van der Waals surface area contributed by atoms with Crippen molar-refractivity contribution in [1.82, 2.24) is 9.80 Å². The molecule has 0 bridgehead atoms. The second-order valence-electron chi connectivity index (χ2n) is 7.25. The average molecular weight is 265 g/mol. The summed E-state index contributed by atoms with van der Waals surface area (Å²) in [7, 11) is 0. The highest BCUT2D eigenvalue weighted by atomic mass is 15.3. The third kappa shape index (κ3) is 2.24. The van der Waals surface area contributed by atoms with Crippen LogP contribution in [0.2, 0.25) is 0 Å². The first-order chi connectivity index (χ1) is 9.17. The smallest absolute Gasteiger partial charge is 0.0361 e. The van der Waals surface area contributed by atoms with Gasteiger partial charge in [0, 0.05) is 37.3 Å². The summed E-state index contributed by atoms with van der Waals surface area (Å²) in [6.07, 6.45) is 8.27. The number of hydrogen-bond acceptors (Lipinski definition) is 3. The molecule has 3 fully saturated rings. The predicted molar refractivity (Wildman–Crippen MR) is 80.2 cm³/mol. The molecule has 3 heteroatoms. The third-order valence-electron chi connectivity index (χ3n) is 6.28. The van der Waals surface area contributed by atoms with Crippen molar-refractivity contribution in [2.24, 2.45) is 11.7 Å². The standard InChI is InChI=1S/C16H31N3/c1-13-6-3-4-8-16(13,12-17)19-11-15-7-5-9-18(15)10-14(19)2/h13-15H,3-12,17H2,1-2H3. The van der Waals surface area contributed by atoms with Gasteiger partial charge in [-0.1, -0.05) is 19.8 Å². The molecule has 0 amide bonds. The van der Waals surface area contributed by atoms with Crippen LogP contribution in [0.4, 0.5) is 0 Å². The van der Waals surface area contributed by atoms with Crippen molar-refractivity contribution >= 4 is 0 Å². The van der Waals surface area contributed by atoms with Crippen molar-refractivity contribution in [2.45, 2.75) is 70.0 Å². The molecule has 4 unspecified atom stereocenters. The Bertz CT molecular complexity index is 319. The average Bonchev–Trinajstić information content (AvgIpc) is 2.86. The van der Waals surface area contributed by atoms with Crippen LogP contribution in [0.1, 0.15) is 52.4 Å². The Labute approximate surface area is 118 Å². The minimum absolute atomic E-state index is 0.298. The van der Waals surface area contributed by atoms with Gasteiger partial charge in [0.1, 0.15) is 0 Å². The molecule has 2 saturated heterocycles. The number of nitrogens with two attached hydrogens (primary N) is 1. The van der Waals surface area contributed by atoms with Crippen molar-refractivity contribution < 1.29 is 0 Å². The van der Waals surface area contributed by atoms with Gasteiger partial charge >= 0.3 is 0 Å². The molecule has 0 radical (unpaired) electrons. The molecule has 2 N–H and O–H groups in total. The summed E-state index contributed by atoms with van der Waals surface area (Å²) in [6, 6.07) is 1.49. The molecule has 19 heavy (non-hydrogen) atoms. The highest BCUT2D eigenvalue weighted by Crippen LogP contribution is 2.41. The SMILES string of the molecule is CC1CN2CCCC2CN1C1(CN)CCCCC1C. The predicted octanol–water partition coefficient (Wildman–Crippen LogP) is 2.06. The van der Waals surface area contributed by atoms with Crippen LogP contribution in [0.25, 0.3) is 0 Å². The van der Waals surface area contributed by atoms with E-state index in [-0.39, 0.29) is 0 Å². The van der Waals surface area contributed by atoms with Gasteiger partial charge in [-0.15, -0.1) is 0 Å². The third-order valence-corrected chi connectivity index (χ3v) is 6.28. The van der Waals surface area contributed by atoms with Crippen LogP contribution in [0.3, 0.4) is 0 Å². The summed E-state index contributed by atoms with van der Waals surface area (Å²) in [5, 5.41) is 0. The fourth-order valence-corrected chi connectivity index (χ4v) is 5.05. The summed E-state index contributed by atoms with van der Waals surface area (Å²) in [6.45, 7) is 9.58. The van der Waals surface area contributed by atoms with Crippen molar-refractivity contribution in [2.75, 3.05) is 26.2 Å². The summed E-state index contributed by atoms with van der Waals surface area (Å²) in [5.74, 6) is 0.765. The Morgan fingerprint density at radius 1 is 1.11 bits per heavy atom. The number of hydrogen-bond donors (Lipinski definition) is 1. The first-order valence-electron chi connectivity index (χ1n) is 8.38. The number of piperazine rings is 1. The summed E-state index contributed by atoms with van der Waals surface area (Å²) >= 11 is 0. The largest absolute Gasteiger partial charge is 0.329 e. The highest BCUT2D eigenvalue weighted by Gasteiger charge is 2.47. The fourth-order valence-electron chi connectivity index (χ4n) is 5.05. The molecule has 110 valence electrons. The molecule has 2 aliphatic heterocycles. The van der Waals surface area contributed by atoms with E-state index in [0.29, 0.717) is 11.6 Å². The quantitative estimate of drug-likeness (QED) is 0.829. The molecule has 3 rings (SSSR count). The summed E-state index contributed by atoms with van der Waals surface area (Å²) < 4.78 is 0. The summed E-state index contributed by atoms with van der Waals surface area (Å²) in [5.41, 5.74) is 6.60. The van der Waals surface area contributed by atoms with Gasteiger partial charge in [-0.3, -0.25) is 9.80 Å². The van der Waals surface area contributed by atoms with Gasteiger partial charge < -0.3 is 5.73 Å². The lowest BCUT2D eigenvalue weighted by atomic mass is 9.71. The zero-order chi connectivity index (χ0) is 13.5. The first-order valence-corrected chi connectivity index (χ1v) is 8.38. The molecule has 1 saturated carbocycles. The molecule has 4 atom stereocenters. The summed E-state index contributed by atoms with van der Waals surface area (Å²) in [4.78, 5) is 5.54. The van der Waals surface area contributed by atoms with Gasteiger partial charge in [0.25, 0.3) is 0 Å². The minimum Gasteiger partial charge on any atom is -0.329 e. The number of fused-ring (bicyclic) bond motifs is 1. The van der Waals surface area contributed by atoms with E-state index in [4.69, 9.17) is 5.73 Å². The lowest BCUT2D eigenvalue weighted by Gasteiger charge is -2.56. The fraction of sp³-hybridized carbons (Fsp3) is 1.00. The van der Waals surface area contributed by atoms with E-state index in [1.807, 2.05) is 0 Å². The van der Waals surface area contributed by atoms with Gasteiger partial charge in [-0.05, 0) is 45.1 Å². The van der Waals surface area contributed by atoms with E-state index >= 15 is 0 Å². The molecule has 3 aliphatic rings. The van der Waals surface area contributed by atoms with Crippen LogP contribution in [-0.4, -0.2) is 53.6 Å². The molecule has 0 spiro atoms. The van der Waals surface area contributed by atoms with E-state index in [2.05, 4.69) is 23.6 Å². The Balaban J connectivity index is 1.81. The minimum atomic E-state index is 0.298. The van der Waals surface area contributed by atoms with E-state index in [1.54, 1.807) is 0 Å². The van der Waals surface area contributed by atoms with Crippen molar-refractivity contribution in [3.63, 3.8) is 0 Å². The molecule has 2 heterocycles.